The number of nitrogens with zero attached hydrogens (tertiary/aromatic N) is 1. The second-order valence-corrected chi connectivity index (χ2v) is 5.05. The summed E-state index contributed by atoms with van der Waals surface area (Å²) in [5, 5.41) is 19.4. The van der Waals surface area contributed by atoms with E-state index in [-0.39, 0.29) is 12.1 Å². The number of aliphatic hydroxyl groups is 1. The van der Waals surface area contributed by atoms with Crippen molar-refractivity contribution in [2.24, 2.45) is 0 Å². The largest absolute Gasteiger partial charge is 0.480 e. The van der Waals surface area contributed by atoms with Crippen LogP contribution in [0, 0.1) is 0 Å². The summed E-state index contributed by atoms with van der Waals surface area (Å²) in [4.78, 5) is 13.6. The van der Waals surface area contributed by atoms with Gasteiger partial charge in [0.1, 0.15) is 5.54 Å². The first-order valence-corrected chi connectivity index (χ1v) is 6.30. The zero-order valence-corrected chi connectivity index (χ0v) is 9.85. The first-order valence-electron chi connectivity index (χ1n) is 6.30. The monoisotopic (exact) mass is 227 g/mol. The molecule has 2 rings (SSSR count). The van der Waals surface area contributed by atoms with Gasteiger partial charge in [0.05, 0.1) is 6.10 Å². The molecule has 4 nitrogen and oxygen atoms in total. The first-order chi connectivity index (χ1) is 7.62. The Balaban J connectivity index is 2.22. The predicted octanol–water partition coefficient (Wildman–Crippen LogP) is 1.23. The van der Waals surface area contributed by atoms with Crippen molar-refractivity contribution in [3.8, 4) is 0 Å². The van der Waals surface area contributed by atoms with E-state index in [0.29, 0.717) is 6.42 Å². The van der Waals surface area contributed by atoms with Crippen LogP contribution in [0.1, 0.15) is 45.4 Å². The molecule has 1 saturated carbocycles. The molecule has 1 aliphatic heterocycles. The Bertz CT molecular complexity index is 281. The van der Waals surface area contributed by atoms with Crippen LogP contribution in [0.5, 0.6) is 0 Å². The quantitative estimate of drug-likeness (QED) is 0.761. The van der Waals surface area contributed by atoms with Crippen LogP contribution >= 0.6 is 0 Å². The summed E-state index contributed by atoms with van der Waals surface area (Å²) in [6.45, 7) is 2.76. The fourth-order valence-electron chi connectivity index (χ4n) is 3.43. The third kappa shape index (κ3) is 1.64. The van der Waals surface area contributed by atoms with Gasteiger partial charge in [0.25, 0.3) is 0 Å². The summed E-state index contributed by atoms with van der Waals surface area (Å²) < 4.78 is 0. The van der Waals surface area contributed by atoms with E-state index in [9.17, 15) is 15.0 Å². The highest BCUT2D eigenvalue weighted by Crippen LogP contribution is 2.39. The van der Waals surface area contributed by atoms with Crippen molar-refractivity contribution in [1.29, 1.82) is 0 Å². The Morgan fingerprint density at radius 3 is 2.69 bits per heavy atom. The minimum Gasteiger partial charge on any atom is -0.480 e. The van der Waals surface area contributed by atoms with Crippen LogP contribution in [0.2, 0.25) is 0 Å². The van der Waals surface area contributed by atoms with Crippen LogP contribution in [-0.2, 0) is 4.79 Å². The third-order valence-corrected chi connectivity index (χ3v) is 4.37. The lowest BCUT2D eigenvalue weighted by Gasteiger charge is -2.39. The summed E-state index contributed by atoms with van der Waals surface area (Å²) in [6, 6.07) is 0.0681. The Morgan fingerprint density at radius 1 is 1.44 bits per heavy atom. The number of carboxylic acids is 1. The fraction of sp³-hybridized carbons (Fsp3) is 0.917. The lowest BCUT2D eigenvalue weighted by molar-refractivity contribution is -0.152. The van der Waals surface area contributed by atoms with Crippen LogP contribution < -0.4 is 0 Å². The first kappa shape index (κ1) is 11.9. The third-order valence-electron chi connectivity index (χ3n) is 4.37. The molecule has 3 unspecified atom stereocenters. The van der Waals surface area contributed by atoms with E-state index >= 15 is 0 Å². The number of carboxylic acid groups (broad SMARTS) is 1. The van der Waals surface area contributed by atoms with Gasteiger partial charge in [0, 0.05) is 6.04 Å². The number of aliphatic hydroxyl groups excluding tert-OH is 1. The van der Waals surface area contributed by atoms with E-state index in [1.54, 1.807) is 0 Å². The average molecular weight is 227 g/mol. The summed E-state index contributed by atoms with van der Waals surface area (Å²) >= 11 is 0. The van der Waals surface area contributed by atoms with Gasteiger partial charge in [-0.05, 0) is 45.1 Å². The van der Waals surface area contributed by atoms with E-state index < -0.39 is 11.5 Å². The van der Waals surface area contributed by atoms with Gasteiger partial charge in [-0.25, -0.2) is 0 Å². The number of rotatable bonds is 3. The van der Waals surface area contributed by atoms with Gasteiger partial charge in [-0.1, -0.05) is 6.92 Å². The van der Waals surface area contributed by atoms with Crippen LogP contribution in [0.15, 0.2) is 0 Å². The summed E-state index contributed by atoms with van der Waals surface area (Å²) in [7, 11) is 0. The van der Waals surface area contributed by atoms with Crippen molar-refractivity contribution in [2.45, 2.75) is 63.1 Å². The topological polar surface area (TPSA) is 60.8 Å². The van der Waals surface area contributed by atoms with Gasteiger partial charge in [-0.2, -0.15) is 0 Å². The second kappa shape index (κ2) is 4.34. The molecule has 16 heavy (non-hydrogen) atoms. The van der Waals surface area contributed by atoms with Crippen LogP contribution in [0.25, 0.3) is 0 Å². The molecule has 1 saturated heterocycles. The molecular formula is C12H21NO3. The van der Waals surface area contributed by atoms with E-state index in [1.807, 2.05) is 6.92 Å². The molecule has 2 aliphatic rings. The van der Waals surface area contributed by atoms with Crippen molar-refractivity contribution < 1.29 is 15.0 Å². The van der Waals surface area contributed by atoms with Gasteiger partial charge in [-0.3, -0.25) is 9.69 Å². The lowest BCUT2D eigenvalue weighted by Crippen LogP contribution is -2.56. The number of aliphatic carboxylic acids is 1. The number of carbonyl (C=O) groups is 1. The molecule has 0 spiro atoms. The normalized spacial score (nSPS) is 40.4. The summed E-state index contributed by atoms with van der Waals surface area (Å²) in [5.41, 5.74) is -0.712. The highest BCUT2D eigenvalue weighted by Gasteiger charge is 2.50. The highest BCUT2D eigenvalue weighted by atomic mass is 16.4. The van der Waals surface area contributed by atoms with E-state index in [0.717, 1.165) is 38.6 Å². The Labute approximate surface area is 96.3 Å². The maximum atomic E-state index is 11.5. The number of hydrogen-bond acceptors (Lipinski definition) is 3. The average Bonchev–Trinajstić information content (AvgIpc) is 2.83. The van der Waals surface area contributed by atoms with Gasteiger partial charge in [0.2, 0.25) is 0 Å². The number of hydrogen-bond donors (Lipinski definition) is 2. The standard InChI is InChI=1S/C12H21NO3/c1-2-12(11(15)16)7-4-8-13(12)9-5-3-6-10(9)14/h9-10,14H,2-8H2,1H3,(H,15,16). The van der Waals surface area contributed by atoms with Crippen LogP contribution in [-0.4, -0.2) is 45.3 Å². The molecule has 2 fully saturated rings. The van der Waals surface area contributed by atoms with Crippen molar-refractivity contribution in [3.63, 3.8) is 0 Å². The van der Waals surface area contributed by atoms with Crippen molar-refractivity contribution >= 4 is 5.97 Å². The highest BCUT2D eigenvalue weighted by molar-refractivity contribution is 5.79. The predicted molar refractivity (Wildman–Crippen MR) is 60.2 cm³/mol. The molecule has 2 N–H and O–H groups in total. The van der Waals surface area contributed by atoms with E-state index in [4.69, 9.17) is 0 Å². The molecule has 0 aromatic rings. The Kier molecular flexibility index (Phi) is 3.22. The zero-order valence-electron chi connectivity index (χ0n) is 9.85. The smallest absolute Gasteiger partial charge is 0.324 e. The summed E-state index contributed by atoms with van der Waals surface area (Å²) in [6.07, 6.45) is 4.73. The van der Waals surface area contributed by atoms with Crippen LogP contribution in [0.3, 0.4) is 0 Å². The van der Waals surface area contributed by atoms with Crippen molar-refractivity contribution in [2.75, 3.05) is 6.54 Å². The maximum Gasteiger partial charge on any atom is 0.324 e. The van der Waals surface area contributed by atoms with E-state index in [2.05, 4.69) is 4.90 Å². The van der Waals surface area contributed by atoms with Gasteiger partial charge in [0.15, 0.2) is 0 Å². The van der Waals surface area contributed by atoms with Crippen molar-refractivity contribution in [3.05, 3.63) is 0 Å². The molecule has 1 heterocycles. The van der Waals surface area contributed by atoms with Gasteiger partial charge < -0.3 is 10.2 Å². The van der Waals surface area contributed by atoms with Gasteiger partial charge in [-0.15, -0.1) is 0 Å². The minimum absolute atomic E-state index is 0.0681. The fourth-order valence-corrected chi connectivity index (χ4v) is 3.43. The minimum atomic E-state index is -0.716. The SMILES string of the molecule is CCC1(C(=O)O)CCCN1C1CCCC1O. The molecular weight excluding hydrogens is 206 g/mol. The number of likely N-dealkylation sites (tertiary alicyclic amines) is 1. The van der Waals surface area contributed by atoms with Gasteiger partial charge >= 0.3 is 5.97 Å². The van der Waals surface area contributed by atoms with E-state index in [1.165, 1.54) is 0 Å². The van der Waals surface area contributed by atoms with Crippen molar-refractivity contribution in [1.82, 2.24) is 4.90 Å². The maximum absolute atomic E-state index is 11.5. The molecule has 4 heteroatoms. The second-order valence-electron chi connectivity index (χ2n) is 5.05. The summed E-state index contributed by atoms with van der Waals surface area (Å²) in [5.74, 6) is -0.716. The molecule has 1 aliphatic carbocycles. The molecule has 3 atom stereocenters. The lowest BCUT2D eigenvalue weighted by atomic mass is 9.91. The molecule has 0 radical (unpaired) electrons. The molecule has 92 valence electrons. The molecule has 0 aromatic carbocycles. The van der Waals surface area contributed by atoms with Crippen LogP contribution in [0.4, 0.5) is 0 Å². The molecule has 0 aromatic heterocycles. The Hall–Kier alpha value is -0.610. The molecule has 0 bridgehead atoms. The zero-order chi connectivity index (χ0) is 11.8. The molecule has 0 amide bonds. The Morgan fingerprint density at radius 2 is 2.19 bits per heavy atom.